The number of hydrogen-bond donors (Lipinski definition) is 1. The molecule has 128 valence electrons. The number of hydrogen-bond acceptors (Lipinski definition) is 4. The molecule has 1 heterocycles. The van der Waals surface area contributed by atoms with Gasteiger partial charge in [0.2, 0.25) is 5.91 Å². The van der Waals surface area contributed by atoms with Crippen LogP contribution in [0, 0.1) is 0 Å². The van der Waals surface area contributed by atoms with Crippen LogP contribution in [-0.4, -0.2) is 25.9 Å². The van der Waals surface area contributed by atoms with Crippen LogP contribution in [0.3, 0.4) is 0 Å². The number of carbonyl (C=O) groups is 1. The Labute approximate surface area is 155 Å². The van der Waals surface area contributed by atoms with Crippen molar-refractivity contribution in [3.63, 3.8) is 0 Å². The van der Waals surface area contributed by atoms with Gasteiger partial charge in [-0.25, -0.2) is 0 Å². The lowest BCUT2D eigenvalue weighted by molar-refractivity contribution is -0.117. The summed E-state index contributed by atoms with van der Waals surface area (Å²) >= 11 is 7.28. The zero-order valence-corrected chi connectivity index (χ0v) is 15.2. The lowest BCUT2D eigenvalue weighted by Gasteiger charge is -2.12. The van der Waals surface area contributed by atoms with E-state index in [4.69, 9.17) is 17.3 Å². The van der Waals surface area contributed by atoms with Crippen molar-refractivity contribution in [2.75, 3.05) is 0 Å². The largest absolute Gasteiger partial charge is 0.369 e. The van der Waals surface area contributed by atoms with Crippen LogP contribution in [-0.2, 0) is 11.3 Å². The Balaban J connectivity index is 2.01. The maximum absolute atomic E-state index is 11.4. The van der Waals surface area contributed by atoms with Gasteiger partial charge in [0, 0.05) is 10.6 Å². The van der Waals surface area contributed by atoms with Gasteiger partial charge in [0.05, 0.1) is 11.8 Å². The average Bonchev–Trinajstić information content (AvgIpc) is 2.99. The van der Waals surface area contributed by atoms with Gasteiger partial charge in [0.15, 0.2) is 11.0 Å². The number of nitrogens with zero attached hydrogens (tertiary/aromatic N) is 3. The predicted molar refractivity (Wildman–Crippen MR) is 101 cm³/mol. The molecule has 1 atom stereocenters. The Morgan fingerprint density at radius 1 is 1.16 bits per heavy atom. The van der Waals surface area contributed by atoms with Crippen LogP contribution < -0.4 is 5.73 Å². The molecule has 5 nitrogen and oxygen atoms in total. The van der Waals surface area contributed by atoms with Gasteiger partial charge in [-0.1, -0.05) is 53.7 Å². The molecule has 7 heteroatoms. The van der Waals surface area contributed by atoms with Gasteiger partial charge in [0.25, 0.3) is 0 Å². The Morgan fingerprint density at radius 3 is 2.48 bits per heavy atom. The van der Waals surface area contributed by atoms with E-state index < -0.39 is 5.25 Å². The topological polar surface area (TPSA) is 73.8 Å². The van der Waals surface area contributed by atoms with Crippen molar-refractivity contribution in [1.82, 2.24) is 14.8 Å². The van der Waals surface area contributed by atoms with E-state index in [1.54, 1.807) is 6.92 Å². The number of halogens is 1. The number of primary amides is 1. The van der Waals surface area contributed by atoms with E-state index in [9.17, 15) is 4.79 Å². The van der Waals surface area contributed by atoms with Gasteiger partial charge in [-0.05, 0) is 36.8 Å². The third-order valence-corrected chi connectivity index (χ3v) is 5.04. The quantitative estimate of drug-likeness (QED) is 0.671. The van der Waals surface area contributed by atoms with E-state index >= 15 is 0 Å². The molecule has 0 radical (unpaired) electrons. The molecule has 2 N–H and O–H groups in total. The Morgan fingerprint density at radius 2 is 1.84 bits per heavy atom. The van der Waals surface area contributed by atoms with Gasteiger partial charge in [-0.15, -0.1) is 10.2 Å². The molecular formula is C18H17ClN4OS. The number of nitrogens with two attached hydrogens (primary N) is 1. The molecule has 0 aliphatic heterocycles. The van der Waals surface area contributed by atoms with E-state index in [1.807, 2.05) is 59.2 Å². The first kappa shape index (κ1) is 17.5. The van der Waals surface area contributed by atoms with E-state index in [0.717, 1.165) is 17.0 Å². The maximum Gasteiger partial charge on any atom is 0.230 e. The van der Waals surface area contributed by atoms with Gasteiger partial charge in [-0.3, -0.25) is 9.36 Å². The van der Waals surface area contributed by atoms with Crippen molar-refractivity contribution in [2.24, 2.45) is 5.73 Å². The third kappa shape index (κ3) is 4.21. The van der Waals surface area contributed by atoms with Crippen molar-refractivity contribution >= 4 is 29.3 Å². The van der Waals surface area contributed by atoms with Gasteiger partial charge in [-0.2, -0.15) is 0 Å². The average molecular weight is 373 g/mol. The van der Waals surface area contributed by atoms with Crippen LogP contribution in [0.2, 0.25) is 5.02 Å². The second-order valence-corrected chi connectivity index (χ2v) is 7.29. The molecular weight excluding hydrogens is 356 g/mol. The smallest absolute Gasteiger partial charge is 0.230 e. The number of aromatic nitrogens is 3. The molecule has 25 heavy (non-hydrogen) atoms. The first-order chi connectivity index (χ1) is 12.0. The molecule has 2 aromatic carbocycles. The number of thioether (sulfide) groups is 1. The van der Waals surface area contributed by atoms with Crippen molar-refractivity contribution in [2.45, 2.75) is 23.9 Å². The normalized spacial score (nSPS) is 12.1. The molecule has 1 amide bonds. The van der Waals surface area contributed by atoms with Crippen molar-refractivity contribution in [3.05, 3.63) is 65.2 Å². The highest BCUT2D eigenvalue weighted by atomic mass is 35.5. The van der Waals surface area contributed by atoms with Gasteiger partial charge < -0.3 is 5.73 Å². The highest BCUT2D eigenvalue weighted by Gasteiger charge is 2.19. The number of amides is 1. The molecule has 0 saturated carbocycles. The second-order valence-electron chi connectivity index (χ2n) is 5.55. The summed E-state index contributed by atoms with van der Waals surface area (Å²) in [6.45, 7) is 2.36. The fourth-order valence-electron chi connectivity index (χ4n) is 2.31. The van der Waals surface area contributed by atoms with E-state index in [1.165, 1.54) is 11.8 Å². The van der Waals surface area contributed by atoms with Crippen molar-refractivity contribution in [3.8, 4) is 11.4 Å². The number of carbonyl (C=O) groups excluding carboxylic acids is 1. The van der Waals surface area contributed by atoms with Crippen LogP contribution in [0.4, 0.5) is 0 Å². The van der Waals surface area contributed by atoms with E-state index in [-0.39, 0.29) is 5.91 Å². The molecule has 0 bridgehead atoms. The number of rotatable bonds is 6. The van der Waals surface area contributed by atoms with Gasteiger partial charge in [0.1, 0.15) is 0 Å². The van der Waals surface area contributed by atoms with Crippen molar-refractivity contribution < 1.29 is 4.79 Å². The summed E-state index contributed by atoms with van der Waals surface area (Å²) in [5, 5.41) is 9.51. The molecule has 0 saturated heterocycles. The first-order valence-corrected chi connectivity index (χ1v) is 8.99. The zero-order chi connectivity index (χ0) is 17.8. The van der Waals surface area contributed by atoms with Crippen LogP contribution >= 0.6 is 23.4 Å². The summed E-state index contributed by atoms with van der Waals surface area (Å²) in [6.07, 6.45) is 0. The molecule has 3 rings (SSSR count). The Bertz CT molecular complexity index is 865. The SMILES string of the molecule is C[C@@H](Sc1nnc(-c2ccc(Cl)cc2)n1Cc1ccccc1)C(N)=O. The molecule has 0 aliphatic carbocycles. The monoisotopic (exact) mass is 372 g/mol. The van der Waals surface area contributed by atoms with Crippen LogP contribution in [0.25, 0.3) is 11.4 Å². The standard InChI is InChI=1S/C18H17ClN4OS/c1-12(16(20)24)25-18-22-21-17(14-7-9-15(19)10-8-14)23(18)11-13-5-3-2-4-6-13/h2-10,12H,11H2,1H3,(H2,20,24)/t12-/m1/s1. The molecule has 3 aromatic rings. The summed E-state index contributed by atoms with van der Waals surface area (Å²) in [4.78, 5) is 11.4. The lowest BCUT2D eigenvalue weighted by Crippen LogP contribution is -2.23. The Hall–Kier alpha value is -2.31. The fraction of sp³-hybridized carbons (Fsp3) is 0.167. The van der Waals surface area contributed by atoms with Crippen LogP contribution in [0.15, 0.2) is 59.8 Å². The summed E-state index contributed by atoms with van der Waals surface area (Å²) < 4.78 is 1.99. The summed E-state index contributed by atoms with van der Waals surface area (Å²) in [7, 11) is 0. The molecule has 0 aliphatic rings. The molecule has 0 spiro atoms. The predicted octanol–water partition coefficient (Wildman–Crippen LogP) is 3.61. The fourth-order valence-corrected chi connectivity index (χ4v) is 3.24. The summed E-state index contributed by atoms with van der Waals surface area (Å²) in [5.41, 5.74) is 7.41. The minimum Gasteiger partial charge on any atom is -0.369 e. The molecule has 0 fully saturated rings. The number of benzene rings is 2. The highest BCUT2D eigenvalue weighted by molar-refractivity contribution is 8.00. The first-order valence-electron chi connectivity index (χ1n) is 7.73. The third-order valence-electron chi connectivity index (χ3n) is 3.69. The lowest BCUT2D eigenvalue weighted by atomic mass is 10.2. The summed E-state index contributed by atoms with van der Waals surface area (Å²) in [6, 6.07) is 17.5. The van der Waals surface area contributed by atoms with E-state index in [2.05, 4.69) is 10.2 Å². The zero-order valence-electron chi connectivity index (χ0n) is 13.6. The minimum absolute atomic E-state index is 0.382. The van der Waals surface area contributed by atoms with Gasteiger partial charge >= 0.3 is 0 Å². The highest BCUT2D eigenvalue weighted by Crippen LogP contribution is 2.28. The Kier molecular flexibility index (Phi) is 5.40. The maximum atomic E-state index is 11.4. The van der Waals surface area contributed by atoms with E-state index in [0.29, 0.717) is 16.7 Å². The minimum atomic E-state index is -0.392. The van der Waals surface area contributed by atoms with Crippen LogP contribution in [0.1, 0.15) is 12.5 Å². The molecule has 1 aromatic heterocycles. The summed E-state index contributed by atoms with van der Waals surface area (Å²) in [5.74, 6) is 0.340. The molecule has 0 unspecified atom stereocenters. The van der Waals surface area contributed by atoms with Crippen LogP contribution in [0.5, 0.6) is 0 Å². The second kappa shape index (κ2) is 7.72. The van der Waals surface area contributed by atoms with Crippen molar-refractivity contribution in [1.29, 1.82) is 0 Å².